The summed E-state index contributed by atoms with van der Waals surface area (Å²) in [5, 5.41) is 0.984. The zero-order chi connectivity index (χ0) is 15.0. The van der Waals surface area contributed by atoms with Crippen LogP contribution >= 0.6 is 11.6 Å². The van der Waals surface area contributed by atoms with Crippen molar-refractivity contribution in [3.05, 3.63) is 59.8 Å². The summed E-state index contributed by atoms with van der Waals surface area (Å²) in [6.45, 7) is 0. The van der Waals surface area contributed by atoms with Crippen LogP contribution in [0.1, 0.15) is 0 Å². The fourth-order valence-corrected chi connectivity index (χ4v) is 4.04. The lowest BCUT2D eigenvalue weighted by molar-refractivity contribution is 0.415. The molecule has 2 aromatic carbocycles. The first kappa shape index (κ1) is 14.0. The lowest BCUT2D eigenvalue weighted by atomic mass is 10.2. The highest BCUT2D eigenvalue weighted by Gasteiger charge is 2.21. The number of aromatic nitrogens is 1. The Hall–Kier alpha value is -1.98. The maximum absolute atomic E-state index is 12.7. The molecular weight excluding hydrogens is 310 g/mol. The van der Waals surface area contributed by atoms with Crippen molar-refractivity contribution < 1.29 is 13.2 Å². The van der Waals surface area contributed by atoms with Gasteiger partial charge in [-0.05, 0) is 36.4 Å². The van der Waals surface area contributed by atoms with E-state index in [1.54, 1.807) is 49.6 Å². The number of fused-ring (bicyclic) bond motifs is 1. The summed E-state index contributed by atoms with van der Waals surface area (Å²) in [5.74, 6) is 0.676. The van der Waals surface area contributed by atoms with E-state index >= 15 is 0 Å². The molecule has 3 rings (SSSR count). The van der Waals surface area contributed by atoms with Crippen LogP contribution in [0.15, 0.2) is 59.6 Å². The van der Waals surface area contributed by atoms with Gasteiger partial charge >= 0.3 is 0 Å². The summed E-state index contributed by atoms with van der Waals surface area (Å²) >= 11 is 6.01. The van der Waals surface area contributed by atoms with Gasteiger partial charge in [0.05, 0.1) is 17.6 Å². The third-order valence-corrected chi connectivity index (χ3v) is 5.42. The summed E-state index contributed by atoms with van der Waals surface area (Å²) in [7, 11) is -2.16. The molecule has 21 heavy (non-hydrogen) atoms. The molecule has 0 spiro atoms. The van der Waals surface area contributed by atoms with Crippen molar-refractivity contribution in [1.82, 2.24) is 3.97 Å². The van der Waals surface area contributed by atoms with Gasteiger partial charge in [-0.15, -0.1) is 0 Å². The van der Waals surface area contributed by atoms with E-state index in [0.29, 0.717) is 11.3 Å². The first-order valence-corrected chi connectivity index (χ1v) is 8.01. The van der Waals surface area contributed by atoms with Gasteiger partial charge in [0.15, 0.2) is 0 Å². The molecule has 1 aromatic heterocycles. The van der Waals surface area contributed by atoms with E-state index in [1.807, 2.05) is 0 Å². The quantitative estimate of drug-likeness (QED) is 0.741. The number of hydrogen-bond donors (Lipinski definition) is 0. The SMILES string of the molecule is COc1ccc2c(ccn2S(=O)(=O)c2ccccc2Cl)c1. The number of halogens is 1. The summed E-state index contributed by atoms with van der Waals surface area (Å²) in [4.78, 5) is 0.0833. The molecule has 0 saturated carbocycles. The van der Waals surface area contributed by atoms with Crippen molar-refractivity contribution in [2.75, 3.05) is 7.11 Å². The fourth-order valence-electron chi connectivity index (χ4n) is 2.19. The van der Waals surface area contributed by atoms with E-state index < -0.39 is 10.0 Å². The highest BCUT2D eigenvalue weighted by atomic mass is 35.5. The molecule has 0 saturated heterocycles. The molecular formula is C15H12ClNO3S. The first-order chi connectivity index (χ1) is 10.0. The number of rotatable bonds is 3. The molecule has 0 atom stereocenters. The molecule has 3 aromatic rings. The topological polar surface area (TPSA) is 48.3 Å². The van der Waals surface area contributed by atoms with Gasteiger partial charge in [-0.2, -0.15) is 0 Å². The average Bonchev–Trinajstić information content (AvgIpc) is 2.91. The molecule has 0 radical (unpaired) electrons. The molecule has 6 heteroatoms. The minimum Gasteiger partial charge on any atom is -0.497 e. The van der Waals surface area contributed by atoms with E-state index in [-0.39, 0.29) is 9.92 Å². The molecule has 4 nitrogen and oxygen atoms in total. The van der Waals surface area contributed by atoms with E-state index in [0.717, 1.165) is 5.39 Å². The third kappa shape index (κ3) is 2.28. The highest BCUT2D eigenvalue weighted by Crippen LogP contribution is 2.28. The second-order valence-electron chi connectivity index (χ2n) is 4.47. The lowest BCUT2D eigenvalue weighted by Crippen LogP contribution is -2.12. The van der Waals surface area contributed by atoms with Crippen molar-refractivity contribution >= 4 is 32.5 Å². The van der Waals surface area contributed by atoms with Gasteiger partial charge in [-0.25, -0.2) is 12.4 Å². The summed E-state index contributed by atoms with van der Waals surface area (Å²) in [5.41, 5.74) is 0.579. The Morgan fingerprint density at radius 1 is 1.10 bits per heavy atom. The van der Waals surface area contributed by atoms with Crippen molar-refractivity contribution in [2.24, 2.45) is 0 Å². The Morgan fingerprint density at radius 3 is 2.57 bits per heavy atom. The third-order valence-electron chi connectivity index (χ3n) is 3.24. The summed E-state index contributed by atoms with van der Waals surface area (Å²) in [6.07, 6.45) is 1.52. The minimum atomic E-state index is -3.73. The zero-order valence-corrected chi connectivity index (χ0v) is 12.7. The van der Waals surface area contributed by atoms with Crippen LogP contribution in [0.5, 0.6) is 5.75 Å². The Labute approximate surface area is 127 Å². The molecule has 0 fully saturated rings. The van der Waals surface area contributed by atoms with Crippen LogP contribution in [-0.4, -0.2) is 19.5 Å². The Morgan fingerprint density at radius 2 is 1.86 bits per heavy atom. The molecule has 0 aliphatic carbocycles. The van der Waals surface area contributed by atoms with Crippen molar-refractivity contribution in [2.45, 2.75) is 4.90 Å². The minimum absolute atomic E-state index is 0.0833. The van der Waals surface area contributed by atoms with E-state index in [9.17, 15) is 8.42 Å². The smallest absolute Gasteiger partial charge is 0.269 e. The zero-order valence-electron chi connectivity index (χ0n) is 11.2. The van der Waals surface area contributed by atoms with Crippen molar-refractivity contribution in [1.29, 1.82) is 0 Å². The number of benzene rings is 2. The molecule has 1 heterocycles. The molecule has 0 aliphatic rings. The van der Waals surface area contributed by atoms with Gasteiger partial charge < -0.3 is 4.74 Å². The predicted octanol–water partition coefficient (Wildman–Crippen LogP) is 3.54. The van der Waals surface area contributed by atoms with E-state index in [4.69, 9.17) is 16.3 Å². The van der Waals surface area contributed by atoms with Gasteiger partial charge in [0, 0.05) is 11.6 Å². The summed E-state index contributed by atoms with van der Waals surface area (Å²) < 4.78 is 31.8. The van der Waals surface area contributed by atoms with Crippen LogP contribution in [0.4, 0.5) is 0 Å². The maximum Gasteiger partial charge on any atom is 0.269 e. The van der Waals surface area contributed by atoms with Gasteiger partial charge in [-0.1, -0.05) is 23.7 Å². The highest BCUT2D eigenvalue weighted by molar-refractivity contribution is 7.90. The Kier molecular flexibility index (Phi) is 3.39. The molecule has 108 valence electrons. The second-order valence-corrected chi connectivity index (χ2v) is 6.66. The molecule has 0 amide bonds. The monoisotopic (exact) mass is 321 g/mol. The standard InChI is InChI=1S/C15H12ClNO3S/c1-20-12-6-7-14-11(10-12)8-9-17(14)21(18,19)15-5-3-2-4-13(15)16/h2-10H,1H3. The molecule has 0 unspecified atom stereocenters. The summed E-state index contributed by atoms with van der Waals surface area (Å²) in [6, 6.07) is 13.3. The fraction of sp³-hybridized carbons (Fsp3) is 0.0667. The first-order valence-electron chi connectivity index (χ1n) is 6.19. The van der Waals surface area contributed by atoms with Crippen LogP contribution in [0.3, 0.4) is 0 Å². The number of nitrogens with zero attached hydrogens (tertiary/aromatic N) is 1. The number of hydrogen-bond acceptors (Lipinski definition) is 3. The average molecular weight is 322 g/mol. The van der Waals surface area contributed by atoms with Gasteiger partial charge in [0.25, 0.3) is 10.0 Å². The van der Waals surface area contributed by atoms with Crippen LogP contribution < -0.4 is 4.74 Å². The molecule has 0 aliphatic heterocycles. The van der Waals surface area contributed by atoms with Gasteiger partial charge in [0.2, 0.25) is 0 Å². The van der Waals surface area contributed by atoms with Crippen LogP contribution in [0.25, 0.3) is 10.9 Å². The Balaban J connectivity index is 2.23. The predicted molar refractivity (Wildman–Crippen MR) is 82.5 cm³/mol. The largest absolute Gasteiger partial charge is 0.497 e. The Bertz CT molecular complexity index is 916. The maximum atomic E-state index is 12.7. The van der Waals surface area contributed by atoms with Gasteiger partial charge in [-0.3, -0.25) is 0 Å². The molecule has 0 bridgehead atoms. The number of ether oxygens (including phenoxy) is 1. The van der Waals surface area contributed by atoms with Crippen molar-refractivity contribution in [3.63, 3.8) is 0 Å². The van der Waals surface area contributed by atoms with Crippen LogP contribution in [0.2, 0.25) is 5.02 Å². The van der Waals surface area contributed by atoms with Crippen molar-refractivity contribution in [3.8, 4) is 5.75 Å². The van der Waals surface area contributed by atoms with E-state index in [1.165, 1.54) is 16.2 Å². The second kappa shape index (κ2) is 5.09. The lowest BCUT2D eigenvalue weighted by Gasteiger charge is -2.09. The van der Waals surface area contributed by atoms with Crippen LogP contribution in [-0.2, 0) is 10.0 Å². The normalized spacial score (nSPS) is 11.7. The molecule has 0 N–H and O–H groups in total. The van der Waals surface area contributed by atoms with E-state index in [2.05, 4.69) is 0 Å². The number of methoxy groups -OCH3 is 1. The van der Waals surface area contributed by atoms with Gasteiger partial charge in [0.1, 0.15) is 10.6 Å². The van der Waals surface area contributed by atoms with Crippen LogP contribution in [0, 0.1) is 0 Å².